The van der Waals surface area contributed by atoms with Gasteiger partial charge in [-0.15, -0.1) is 0 Å². The number of fused-ring (bicyclic) bond motifs is 1. The fraction of sp³-hybridized carbons (Fsp3) is 0.900. The lowest BCUT2D eigenvalue weighted by Gasteiger charge is -2.32. The van der Waals surface area contributed by atoms with Crippen molar-refractivity contribution in [3.63, 3.8) is 0 Å². The molecule has 4 heteroatoms. The highest BCUT2D eigenvalue weighted by Gasteiger charge is 2.36. The molecule has 2 aliphatic heterocycles. The van der Waals surface area contributed by atoms with E-state index in [0.29, 0.717) is 18.4 Å². The number of ether oxygens (including phenoxy) is 1. The molecule has 1 N–H and O–H groups in total. The van der Waals surface area contributed by atoms with E-state index >= 15 is 0 Å². The highest BCUT2D eigenvalue weighted by atomic mass is 16.5. The van der Waals surface area contributed by atoms with Crippen LogP contribution in [0.5, 0.6) is 0 Å². The Labute approximate surface area is 84.6 Å². The topological polar surface area (TPSA) is 41.6 Å². The van der Waals surface area contributed by atoms with Crippen LogP contribution in [0.1, 0.15) is 12.8 Å². The van der Waals surface area contributed by atoms with Gasteiger partial charge in [0.05, 0.1) is 7.11 Å². The van der Waals surface area contributed by atoms with Crippen molar-refractivity contribution in [3.8, 4) is 0 Å². The first-order valence-corrected chi connectivity index (χ1v) is 5.33. The number of esters is 1. The molecule has 0 radical (unpaired) electrons. The summed E-state index contributed by atoms with van der Waals surface area (Å²) in [5.41, 5.74) is 0. The summed E-state index contributed by atoms with van der Waals surface area (Å²) in [6, 6.07) is 0.558. The smallest absolute Gasteiger partial charge is 0.305 e. The summed E-state index contributed by atoms with van der Waals surface area (Å²) in [4.78, 5) is 13.7. The van der Waals surface area contributed by atoms with Crippen LogP contribution in [0.3, 0.4) is 0 Å². The maximum atomic E-state index is 11.2. The van der Waals surface area contributed by atoms with Gasteiger partial charge in [-0.25, -0.2) is 0 Å². The van der Waals surface area contributed by atoms with Crippen LogP contribution >= 0.6 is 0 Å². The summed E-state index contributed by atoms with van der Waals surface area (Å²) in [6.07, 6.45) is 1.72. The van der Waals surface area contributed by atoms with E-state index in [1.54, 1.807) is 0 Å². The highest BCUT2D eigenvalue weighted by Crippen LogP contribution is 2.27. The second-order valence-electron chi connectivity index (χ2n) is 4.14. The van der Waals surface area contributed by atoms with Gasteiger partial charge in [-0.3, -0.25) is 9.69 Å². The SMILES string of the molecule is COC(=O)CC1CCN2CCNCC12. The Morgan fingerprint density at radius 1 is 1.57 bits per heavy atom. The predicted molar refractivity (Wildman–Crippen MR) is 53.0 cm³/mol. The van der Waals surface area contributed by atoms with E-state index in [0.717, 1.165) is 32.6 Å². The lowest BCUT2D eigenvalue weighted by molar-refractivity contribution is -0.141. The Hall–Kier alpha value is -0.610. The fourth-order valence-electron chi connectivity index (χ4n) is 2.57. The minimum Gasteiger partial charge on any atom is -0.469 e. The standard InChI is InChI=1S/C10H18N2O2/c1-14-10(13)6-8-2-4-12-5-3-11-7-9(8)12/h8-9,11H,2-7H2,1H3. The molecular formula is C10H18N2O2. The summed E-state index contributed by atoms with van der Waals surface area (Å²) < 4.78 is 4.71. The van der Waals surface area contributed by atoms with E-state index in [4.69, 9.17) is 4.74 Å². The highest BCUT2D eigenvalue weighted by molar-refractivity contribution is 5.69. The average Bonchev–Trinajstić information content (AvgIpc) is 2.62. The van der Waals surface area contributed by atoms with E-state index in [-0.39, 0.29) is 5.97 Å². The molecular weight excluding hydrogens is 180 g/mol. The van der Waals surface area contributed by atoms with E-state index in [2.05, 4.69) is 10.2 Å². The second-order valence-corrected chi connectivity index (χ2v) is 4.14. The van der Waals surface area contributed by atoms with Crippen LogP contribution in [0, 0.1) is 5.92 Å². The number of methoxy groups -OCH3 is 1. The van der Waals surface area contributed by atoms with Crippen LogP contribution in [-0.4, -0.2) is 50.2 Å². The minimum absolute atomic E-state index is 0.0672. The fourth-order valence-corrected chi connectivity index (χ4v) is 2.57. The summed E-state index contributed by atoms with van der Waals surface area (Å²) >= 11 is 0. The normalized spacial score (nSPS) is 32.6. The van der Waals surface area contributed by atoms with E-state index in [9.17, 15) is 4.79 Å². The number of carbonyl (C=O) groups is 1. The van der Waals surface area contributed by atoms with E-state index in [1.165, 1.54) is 7.11 Å². The molecule has 0 aromatic heterocycles. The largest absolute Gasteiger partial charge is 0.469 e. The molecule has 0 bridgehead atoms. The van der Waals surface area contributed by atoms with Crippen LogP contribution in [0.4, 0.5) is 0 Å². The molecule has 2 heterocycles. The van der Waals surface area contributed by atoms with Gasteiger partial charge in [0.25, 0.3) is 0 Å². The predicted octanol–water partition coefficient (Wildman–Crippen LogP) is -0.157. The molecule has 0 amide bonds. The van der Waals surface area contributed by atoms with Crippen molar-refractivity contribution in [1.29, 1.82) is 0 Å². The zero-order chi connectivity index (χ0) is 9.97. The third-order valence-electron chi connectivity index (χ3n) is 3.39. The van der Waals surface area contributed by atoms with Crippen molar-refractivity contribution >= 4 is 5.97 Å². The molecule has 80 valence electrons. The molecule has 0 aliphatic carbocycles. The molecule has 2 unspecified atom stereocenters. The van der Waals surface area contributed by atoms with Crippen molar-refractivity contribution in [2.45, 2.75) is 18.9 Å². The molecule has 2 rings (SSSR count). The van der Waals surface area contributed by atoms with Crippen molar-refractivity contribution in [1.82, 2.24) is 10.2 Å². The van der Waals surface area contributed by atoms with Gasteiger partial charge in [0.2, 0.25) is 0 Å². The van der Waals surface area contributed by atoms with E-state index in [1.807, 2.05) is 0 Å². The zero-order valence-electron chi connectivity index (χ0n) is 8.66. The Kier molecular flexibility index (Phi) is 3.03. The number of hydrogen-bond acceptors (Lipinski definition) is 4. The van der Waals surface area contributed by atoms with Gasteiger partial charge >= 0.3 is 5.97 Å². The quantitative estimate of drug-likeness (QED) is 0.626. The molecule has 4 nitrogen and oxygen atoms in total. The van der Waals surface area contributed by atoms with Gasteiger partial charge in [0, 0.05) is 32.1 Å². The Bertz CT molecular complexity index is 220. The number of carbonyl (C=O) groups excluding carboxylic acids is 1. The molecule has 2 fully saturated rings. The number of hydrogen-bond donors (Lipinski definition) is 1. The summed E-state index contributed by atoms with van der Waals surface area (Å²) in [5.74, 6) is 0.428. The first-order chi connectivity index (χ1) is 6.81. The van der Waals surface area contributed by atoms with Gasteiger partial charge in [0.15, 0.2) is 0 Å². The van der Waals surface area contributed by atoms with Crippen LogP contribution in [0.2, 0.25) is 0 Å². The minimum atomic E-state index is -0.0672. The molecule has 2 atom stereocenters. The molecule has 2 aliphatic rings. The molecule has 0 spiro atoms. The van der Waals surface area contributed by atoms with E-state index < -0.39 is 0 Å². The van der Waals surface area contributed by atoms with Crippen LogP contribution in [-0.2, 0) is 9.53 Å². The lowest BCUT2D eigenvalue weighted by Crippen LogP contribution is -2.50. The number of piperazine rings is 1. The van der Waals surface area contributed by atoms with Gasteiger partial charge < -0.3 is 10.1 Å². The number of nitrogens with one attached hydrogen (secondary N) is 1. The van der Waals surface area contributed by atoms with Crippen molar-refractivity contribution in [2.75, 3.05) is 33.3 Å². The van der Waals surface area contributed by atoms with Crippen molar-refractivity contribution in [2.24, 2.45) is 5.92 Å². The van der Waals surface area contributed by atoms with Crippen LogP contribution in [0.25, 0.3) is 0 Å². The monoisotopic (exact) mass is 198 g/mol. The van der Waals surface area contributed by atoms with Gasteiger partial charge in [0.1, 0.15) is 0 Å². The Balaban J connectivity index is 1.90. The van der Waals surface area contributed by atoms with Gasteiger partial charge in [-0.1, -0.05) is 0 Å². The third-order valence-corrected chi connectivity index (χ3v) is 3.39. The maximum absolute atomic E-state index is 11.2. The average molecular weight is 198 g/mol. The number of rotatable bonds is 2. The maximum Gasteiger partial charge on any atom is 0.305 e. The Morgan fingerprint density at radius 2 is 2.43 bits per heavy atom. The Morgan fingerprint density at radius 3 is 3.21 bits per heavy atom. The number of nitrogens with zero attached hydrogens (tertiary/aromatic N) is 1. The molecule has 0 aromatic carbocycles. The molecule has 14 heavy (non-hydrogen) atoms. The molecule has 0 saturated carbocycles. The lowest BCUT2D eigenvalue weighted by atomic mass is 9.96. The zero-order valence-corrected chi connectivity index (χ0v) is 8.66. The van der Waals surface area contributed by atoms with Crippen molar-refractivity contribution < 1.29 is 9.53 Å². The molecule has 2 saturated heterocycles. The first-order valence-electron chi connectivity index (χ1n) is 5.33. The van der Waals surface area contributed by atoms with Gasteiger partial charge in [-0.2, -0.15) is 0 Å². The first kappa shape index (κ1) is 9.93. The summed E-state index contributed by atoms with van der Waals surface area (Å²) in [7, 11) is 1.47. The van der Waals surface area contributed by atoms with Crippen LogP contribution in [0.15, 0.2) is 0 Å². The second kappa shape index (κ2) is 4.28. The third kappa shape index (κ3) is 1.91. The van der Waals surface area contributed by atoms with Gasteiger partial charge in [-0.05, 0) is 18.9 Å². The van der Waals surface area contributed by atoms with Crippen molar-refractivity contribution in [3.05, 3.63) is 0 Å². The molecule has 0 aromatic rings. The summed E-state index contributed by atoms with van der Waals surface area (Å²) in [5, 5.41) is 3.38. The van der Waals surface area contributed by atoms with Crippen LogP contribution < -0.4 is 5.32 Å². The summed E-state index contributed by atoms with van der Waals surface area (Å²) in [6.45, 7) is 4.39.